The molecule has 0 saturated heterocycles. The molecule has 0 aliphatic heterocycles. The van der Waals surface area contributed by atoms with Crippen molar-refractivity contribution in [3.8, 4) is 0 Å². The van der Waals surface area contributed by atoms with Crippen LogP contribution < -0.4 is 0 Å². The smallest absolute Gasteiger partial charge is 0.205 e. The highest BCUT2D eigenvalue weighted by Gasteiger charge is 1.84. The maximum absolute atomic E-state index is 6.63. The zero-order chi connectivity index (χ0) is 4.99. The van der Waals surface area contributed by atoms with Crippen molar-refractivity contribution >= 4 is 17.8 Å². The Bertz CT molecular complexity index is 48.8. The Morgan fingerprint density at radius 3 is 2.50 bits per heavy atom. The van der Waals surface area contributed by atoms with Crippen LogP contribution in [0.1, 0.15) is 13.3 Å². The summed E-state index contributed by atoms with van der Waals surface area (Å²) in [7, 11) is 0. The van der Waals surface area contributed by atoms with E-state index in [4.69, 9.17) is 17.3 Å². The van der Waals surface area contributed by atoms with Gasteiger partial charge in [0.1, 0.15) is 11.9 Å². The largest absolute Gasteiger partial charge is 0.370 e. The Kier molecular flexibility index (Phi) is 2.85. The van der Waals surface area contributed by atoms with Gasteiger partial charge in [0.05, 0.1) is 0 Å². The molecule has 3 heteroatoms. The molecule has 0 aliphatic carbocycles. The number of halogens is 1. The first-order valence-electron chi connectivity index (χ1n) is 1.67. The number of nitrogens with one attached hydrogen (secondary N) is 1. The summed E-state index contributed by atoms with van der Waals surface area (Å²) < 4.78 is 3.95. The second-order valence-electron chi connectivity index (χ2n) is 0.854. The SMILES string of the molecule is CCC(=N)OCl. The van der Waals surface area contributed by atoms with E-state index in [1.165, 1.54) is 0 Å². The van der Waals surface area contributed by atoms with Gasteiger partial charge in [-0.2, -0.15) is 0 Å². The minimum Gasteiger partial charge on any atom is -0.370 e. The van der Waals surface area contributed by atoms with Gasteiger partial charge in [-0.1, -0.05) is 6.92 Å². The maximum Gasteiger partial charge on any atom is 0.205 e. The van der Waals surface area contributed by atoms with E-state index in [2.05, 4.69) is 4.29 Å². The van der Waals surface area contributed by atoms with Gasteiger partial charge in [0.25, 0.3) is 0 Å². The fourth-order valence-electron chi connectivity index (χ4n) is 0.0546. The fourth-order valence-corrected chi connectivity index (χ4v) is 0.164. The van der Waals surface area contributed by atoms with Gasteiger partial charge in [0.2, 0.25) is 5.90 Å². The van der Waals surface area contributed by atoms with Gasteiger partial charge in [0, 0.05) is 6.42 Å². The molecule has 0 saturated carbocycles. The second kappa shape index (κ2) is 2.97. The predicted molar refractivity (Wildman–Crippen MR) is 25.0 cm³/mol. The topological polar surface area (TPSA) is 33.1 Å². The van der Waals surface area contributed by atoms with E-state index < -0.39 is 0 Å². The van der Waals surface area contributed by atoms with Crippen LogP contribution in [0.4, 0.5) is 0 Å². The molecule has 0 spiro atoms. The second-order valence-corrected chi connectivity index (χ2v) is 1.01. The summed E-state index contributed by atoms with van der Waals surface area (Å²) in [4.78, 5) is 0. The van der Waals surface area contributed by atoms with Crippen LogP contribution in [0.5, 0.6) is 0 Å². The van der Waals surface area contributed by atoms with Crippen molar-refractivity contribution in [1.29, 1.82) is 5.41 Å². The monoisotopic (exact) mass is 107 g/mol. The lowest BCUT2D eigenvalue weighted by molar-refractivity contribution is 0.590. The maximum atomic E-state index is 6.63. The summed E-state index contributed by atoms with van der Waals surface area (Å²) in [6.07, 6.45) is 0.559. The average Bonchev–Trinajstić information content (AvgIpc) is 1.65. The van der Waals surface area contributed by atoms with E-state index in [9.17, 15) is 0 Å². The molecule has 0 aliphatic rings. The quantitative estimate of drug-likeness (QED) is 0.400. The minimum atomic E-state index is 0.108. The Balaban J connectivity index is 2.99. The van der Waals surface area contributed by atoms with Gasteiger partial charge < -0.3 is 4.29 Å². The van der Waals surface area contributed by atoms with Crippen molar-refractivity contribution in [2.75, 3.05) is 0 Å². The molecular formula is C3H6ClNO. The highest BCUT2D eigenvalue weighted by Crippen LogP contribution is 1.85. The van der Waals surface area contributed by atoms with Crippen LogP contribution in [-0.2, 0) is 4.29 Å². The van der Waals surface area contributed by atoms with Crippen LogP contribution in [0, 0.1) is 5.41 Å². The summed E-state index contributed by atoms with van der Waals surface area (Å²) in [6.45, 7) is 1.80. The predicted octanol–water partition coefficient (Wildman–Crippen LogP) is 1.54. The van der Waals surface area contributed by atoms with E-state index in [1.54, 1.807) is 6.92 Å². The molecule has 1 N–H and O–H groups in total. The molecule has 0 atom stereocenters. The first kappa shape index (κ1) is 5.76. The molecular weight excluding hydrogens is 101 g/mol. The summed E-state index contributed by atoms with van der Waals surface area (Å²) in [5.74, 6) is 0.108. The van der Waals surface area contributed by atoms with E-state index in [0.29, 0.717) is 6.42 Å². The van der Waals surface area contributed by atoms with Crippen LogP contribution in [0.3, 0.4) is 0 Å². The number of hydrogen-bond acceptors (Lipinski definition) is 2. The average molecular weight is 108 g/mol. The van der Waals surface area contributed by atoms with Gasteiger partial charge in [-0.25, -0.2) is 0 Å². The Morgan fingerprint density at radius 1 is 2.00 bits per heavy atom. The van der Waals surface area contributed by atoms with Crippen molar-refractivity contribution in [2.24, 2.45) is 0 Å². The van der Waals surface area contributed by atoms with Crippen molar-refractivity contribution < 1.29 is 4.29 Å². The van der Waals surface area contributed by atoms with Crippen LogP contribution in [0.15, 0.2) is 0 Å². The molecule has 0 rings (SSSR count). The number of rotatable bonds is 1. The zero-order valence-corrected chi connectivity index (χ0v) is 4.25. The molecule has 0 unspecified atom stereocenters. The Hall–Kier alpha value is -0.240. The van der Waals surface area contributed by atoms with Crippen LogP contribution >= 0.6 is 11.9 Å². The zero-order valence-electron chi connectivity index (χ0n) is 3.49. The van der Waals surface area contributed by atoms with Crippen molar-refractivity contribution in [2.45, 2.75) is 13.3 Å². The normalized spacial score (nSPS) is 7.67. The standard InChI is InChI=1S/C3H6ClNO/c1-2-3(5)6-4/h5H,2H2,1H3. The molecule has 0 amide bonds. The fraction of sp³-hybridized carbons (Fsp3) is 0.667. The molecule has 36 valence electrons. The molecule has 0 heterocycles. The third kappa shape index (κ3) is 2.03. The summed E-state index contributed by atoms with van der Waals surface area (Å²) >= 11 is 4.73. The molecule has 0 aromatic rings. The highest BCUT2D eigenvalue weighted by atomic mass is 35.5. The van der Waals surface area contributed by atoms with Crippen molar-refractivity contribution in [3.05, 3.63) is 0 Å². The van der Waals surface area contributed by atoms with E-state index in [-0.39, 0.29) is 5.90 Å². The van der Waals surface area contributed by atoms with Crippen molar-refractivity contribution in [1.82, 2.24) is 0 Å². The van der Waals surface area contributed by atoms with Gasteiger partial charge >= 0.3 is 0 Å². The Morgan fingerprint density at radius 2 is 2.50 bits per heavy atom. The molecule has 0 fully saturated rings. The first-order valence-corrected chi connectivity index (χ1v) is 1.98. The van der Waals surface area contributed by atoms with Crippen LogP contribution in [0.2, 0.25) is 0 Å². The Labute approximate surface area is 41.7 Å². The van der Waals surface area contributed by atoms with Crippen LogP contribution in [0.25, 0.3) is 0 Å². The highest BCUT2D eigenvalue weighted by molar-refractivity contribution is 6.13. The third-order valence-corrected chi connectivity index (χ3v) is 0.601. The van der Waals surface area contributed by atoms with E-state index >= 15 is 0 Å². The van der Waals surface area contributed by atoms with E-state index in [1.807, 2.05) is 0 Å². The van der Waals surface area contributed by atoms with Gasteiger partial charge in [-0.3, -0.25) is 5.41 Å². The lowest BCUT2D eigenvalue weighted by Gasteiger charge is -1.86. The molecule has 0 aromatic heterocycles. The van der Waals surface area contributed by atoms with E-state index in [0.717, 1.165) is 0 Å². The van der Waals surface area contributed by atoms with Gasteiger partial charge in [0.15, 0.2) is 0 Å². The summed E-state index contributed by atoms with van der Waals surface area (Å²) in [6, 6.07) is 0. The summed E-state index contributed by atoms with van der Waals surface area (Å²) in [5.41, 5.74) is 0. The lowest BCUT2D eigenvalue weighted by Crippen LogP contribution is -1.88. The molecule has 0 radical (unpaired) electrons. The number of hydrogen-bond donors (Lipinski definition) is 1. The molecule has 6 heavy (non-hydrogen) atoms. The first-order chi connectivity index (χ1) is 2.81. The third-order valence-electron chi connectivity index (χ3n) is 0.414. The molecule has 0 bridgehead atoms. The van der Waals surface area contributed by atoms with Gasteiger partial charge in [-0.15, -0.1) is 0 Å². The molecule has 2 nitrogen and oxygen atoms in total. The lowest BCUT2D eigenvalue weighted by atomic mass is 10.5. The molecule has 0 aromatic carbocycles. The summed E-state index contributed by atoms with van der Waals surface area (Å²) in [5, 5.41) is 6.63. The van der Waals surface area contributed by atoms with Crippen molar-refractivity contribution in [3.63, 3.8) is 0 Å². The minimum absolute atomic E-state index is 0.108. The van der Waals surface area contributed by atoms with Gasteiger partial charge in [-0.05, 0) is 0 Å². The van der Waals surface area contributed by atoms with Crippen LogP contribution in [-0.4, -0.2) is 5.90 Å².